The van der Waals surface area contributed by atoms with Crippen molar-refractivity contribution in [2.75, 3.05) is 23.8 Å². The lowest BCUT2D eigenvalue weighted by molar-refractivity contribution is 0.0344. The lowest BCUT2D eigenvalue weighted by Gasteiger charge is -2.39. The van der Waals surface area contributed by atoms with E-state index in [1.54, 1.807) is 0 Å². The maximum absolute atomic E-state index is 6.21. The van der Waals surface area contributed by atoms with Gasteiger partial charge < -0.3 is 15.4 Å². The second kappa shape index (κ2) is 4.52. The van der Waals surface area contributed by atoms with Crippen molar-refractivity contribution in [1.82, 2.24) is 0 Å². The van der Waals surface area contributed by atoms with Crippen LogP contribution in [0.15, 0.2) is 18.2 Å². The number of halogens is 1. The van der Waals surface area contributed by atoms with Crippen molar-refractivity contribution >= 4 is 23.0 Å². The molecule has 88 valence electrons. The van der Waals surface area contributed by atoms with E-state index in [0.717, 1.165) is 17.9 Å². The average Bonchev–Trinajstić information content (AvgIpc) is 2.23. The fourth-order valence-electron chi connectivity index (χ4n) is 2.05. The molecule has 0 amide bonds. The Balaban J connectivity index is 2.35. The zero-order chi connectivity index (χ0) is 11.7. The first kappa shape index (κ1) is 11.6. The fourth-order valence-corrected chi connectivity index (χ4v) is 2.34. The van der Waals surface area contributed by atoms with E-state index in [0.29, 0.717) is 17.7 Å². The third kappa shape index (κ3) is 2.11. The normalized spacial score (nSPS) is 25.8. The Morgan fingerprint density at radius 2 is 2.19 bits per heavy atom. The minimum absolute atomic E-state index is 0.215. The van der Waals surface area contributed by atoms with Gasteiger partial charge in [0.1, 0.15) is 0 Å². The summed E-state index contributed by atoms with van der Waals surface area (Å²) in [4.78, 5) is 2.23. The van der Waals surface area contributed by atoms with Gasteiger partial charge in [-0.2, -0.15) is 0 Å². The highest BCUT2D eigenvalue weighted by atomic mass is 35.5. The van der Waals surface area contributed by atoms with Gasteiger partial charge in [0.15, 0.2) is 0 Å². The molecule has 0 bridgehead atoms. The number of para-hydroxylation sites is 1. The van der Waals surface area contributed by atoms with Crippen LogP contribution in [0, 0.1) is 0 Å². The first-order valence-corrected chi connectivity index (χ1v) is 5.89. The molecule has 0 aliphatic carbocycles. The van der Waals surface area contributed by atoms with E-state index in [-0.39, 0.29) is 6.10 Å². The summed E-state index contributed by atoms with van der Waals surface area (Å²) in [5.74, 6) is 0. The molecule has 1 aliphatic heterocycles. The van der Waals surface area contributed by atoms with E-state index in [4.69, 9.17) is 22.1 Å². The Kier molecular flexibility index (Phi) is 3.26. The van der Waals surface area contributed by atoms with E-state index in [1.807, 2.05) is 18.2 Å². The summed E-state index contributed by atoms with van der Waals surface area (Å²) in [6, 6.07) is 5.93. The lowest BCUT2D eigenvalue weighted by Crippen LogP contribution is -2.47. The molecule has 2 N–H and O–H groups in total. The van der Waals surface area contributed by atoms with Crippen LogP contribution in [0.2, 0.25) is 5.02 Å². The maximum atomic E-state index is 6.21. The van der Waals surface area contributed by atoms with Crippen molar-refractivity contribution in [3.05, 3.63) is 23.2 Å². The van der Waals surface area contributed by atoms with Crippen molar-refractivity contribution in [2.45, 2.75) is 26.0 Å². The Hall–Kier alpha value is -0.930. The molecule has 0 saturated carbocycles. The Labute approximate surface area is 101 Å². The number of ether oxygens (including phenoxy) is 1. The third-order valence-electron chi connectivity index (χ3n) is 2.91. The topological polar surface area (TPSA) is 38.5 Å². The summed E-state index contributed by atoms with van der Waals surface area (Å²) in [6.07, 6.45) is 0.215. The summed E-state index contributed by atoms with van der Waals surface area (Å²) in [5.41, 5.74) is 7.66. The van der Waals surface area contributed by atoms with Crippen LogP contribution in [0.5, 0.6) is 0 Å². The number of rotatable bonds is 1. The predicted octanol–water partition coefficient (Wildman–Crippen LogP) is 2.54. The van der Waals surface area contributed by atoms with Crippen LogP contribution in [0.4, 0.5) is 11.4 Å². The summed E-state index contributed by atoms with van der Waals surface area (Å²) in [6.45, 7) is 5.72. The van der Waals surface area contributed by atoms with Gasteiger partial charge in [-0.3, -0.25) is 0 Å². The number of nitrogens with zero attached hydrogens (tertiary/aromatic N) is 1. The van der Waals surface area contributed by atoms with Gasteiger partial charge in [0.05, 0.1) is 29.1 Å². The van der Waals surface area contributed by atoms with Crippen molar-refractivity contribution in [2.24, 2.45) is 0 Å². The van der Waals surface area contributed by atoms with Gasteiger partial charge in [0.2, 0.25) is 0 Å². The van der Waals surface area contributed by atoms with Gasteiger partial charge in [-0.15, -0.1) is 0 Å². The molecule has 16 heavy (non-hydrogen) atoms. The number of nitrogen functional groups attached to an aromatic ring is 1. The number of hydrogen-bond acceptors (Lipinski definition) is 3. The van der Waals surface area contributed by atoms with Crippen LogP contribution in [0.1, 0.15) is 13.8 Å². The molecular weight excluding hydrogens is 224 g/mol. The third-order valence-corrected chi connectivity index (χ3v) is 3.22. The molecule has 4 heteroatoms. The summed E-state index contributed by atoms with van der Waals surface area (Å²) in [7, 11) is 0. The minimum Gasteiger partial charge on any atom is -0.397 e. The first-order valence-electron chi connectivity index (χ1n) is 5.52. The number of benzene rings is 1. The largest absolute Gasteiger partial charge is 0.397 e. The minimum atomic E-state index is 0.215. The highest BCUT2D eigenvalue weighted by Crippen LogP contribution is 2.34. The van der Waals surface area contributed by atoms with Gasteiger partial charge in [-0.25, -0.2) is 0 Å². The number of hydrogen-bond donors (Lipinski definition) is 1. The molecule has 2 rings (SSSR count). The zero-order valence-corrected chi connectivity index (χ0v) is 10.4. The average molecular weight is 241 g/mol. The molecule has 0 radical (unpaired) electrons. The van der Waals surface area contributed by atoms with Crippen LogP contribution >= 0.6 is 11.6 Å². The van der Waals surface area contributed by atoms with Crippen LogP contribution < -0.4 is 10.6 Å². The monoisotopic (exact) mass is 240 g/mol. The van der Waals surface area contributed by atoms with E-state index in [9.17, 15) is 0 Å². The number of morpholine rings is 1. The number of nitrogens with two attached hydrogens (primary N) is 1. The van der Waals surface area contributed by atoms with E-state index < -0.39 is 0 Å². The second-order valence-electron chi connectivity index (χ2n) is 4.32. The molecular formula is C12H17ClN2O. The molecule has 1 aromatic rings. The summed E-state index contributed by atoms with van der Waals surface area (Å²) >= 11 is 6.21. The van der Waals surface area contributed by atoms with Crippen LogP contribution in [0.3, 0.4) is 0 Å². The molecule has 1 aromatic carbocycles. The molecule has 2 atom stereocenters. The smallest absolute Gasteiger partial charge is 0.0793 e. The van der Waals surface area contributed by atoms with Crippen LogP contribution in [0.25, 0.3) is 0 Å². The zero-order valence-electron chi connectivity index (χ0n) is 9.61. The van der Waals surface area contributed by atoms with E-state index >= 15 is 0 Å². The molecule has 1 aliphatic rings. The van der Waals surface area contributed by atoms with Crippen molar-refractivity contribution < 1.29 is 4.74 Å². The molecule has 1 fully saturated rings. The summed E-state index contributed by atoms with van der Waals surface area (Å²) in [5, 5.41) is 0.709. The van der Waals surface area contributed by atoms with Gasteiger partial charge in [-0.05, 0) is 26.0 Å². The molecule has 2 unspecified atom stereocenters. The predicted molar refractivity (Wildman–Crippen MR) is 68.1 cm³/mol. The molecule has 0 aromatic heterocycles. The molecule has 3 nitrogen and oxygen atoms in total. The fraction of sp³-hybridized carbons (Fsp3) is 0.500. The second-order valence-corrected chi connectivity index (χ2v) is 4.73. The Morgan fingerprint density at radius 3 is 2.88 bits per heavy atom. The van der Waals surface area contributed by atoms with Crippen molar-refractivity contribution in [3.8, 4) is 0 Å². The van der Waals surface area contributed by atoms with Crippen molar-refractivity contribution in [3.63, 3.8) is 0 Å². The highest BCUT2D eigenvalue weighted by molar-refractivity contribution is 6.34. The Bertz CT molecular complexity index is 363. The molecule has 1 heterocycles. The maximum Gasteiger partial charge on any atom is 0.0793 e. The molecule has 0 spiro atoms. The lowest BCUT2D eigenvalue weighted by atomic mass is 10.1. The SMILES string of the molecule is CC1CN(c2c(N)cccc2Cl)C(C)CO1. The van der Waals surface area contributed by atoms with Gasteiger partial charge in [0.25, 0.3) is 0 Å². The van der Waals surface area contributed by atoms with Gasteiger partial charge in [0, 0.05) is 12.6 Å². The van der Waals surface area contributed by atoms with Crippen LogP contribution in [-0.4, -0.2) is 25.3 Å². The van der Waals surface area contributed by atoms with Gasteiger partial charge in [-0.1, -0.05) is 17.7 Å². The van der Waals surface area contributed by atoms with Gasteiger partial charge >= 0.3 is 0 Å². The first-order chi connectivity index (χ1) is 7.59. The summed E-state index contributed by atoms with van der Waals surface area (Å²) < 4.78 is 5.60. The van der Waals surface area contributed by atoms with E-state index in [1.165, 1.54) is 0 Å². The van der Waals surface area contributed by atoms with Crippen LogP contribution in [-0.2, 0) is 4.74 Å². The van der Waals surface area contributed by atoms with Crippen molar-refractivity contribution in [1.29, 1.82) is 0 Å². The Morgan fingerprint density at radius 1 is 1.44 bits per heavy atom. The molecule has 1 saturated heterocycles. The number of anilines is 2. The highest BCUT2D eigenvalue weighted by Gasteiger charge is 2.26. The van der Waals surface area contributed by atoms with E-state index in [2.05, 4.69) is 18.7 Å². The standard InChI is InChI=1S/C12H17ClN2O/c1-8-7-16-9(2)6-15(8)12-10(13)4-3-5-11(12)14/h3-5,8-9H,6-7,14H2,1-2H3. The quantitative estimate of drug-likeness (QED) is 0.767.